The molecule has 0 aromatic carbocycles. The summed E-state index contributed by atoms with van der Waals surface area (Å²) in [5, 5.41) is 197. The van der Waals surface area contributed by atoms with Gasteiger partial charge in [0, 0.05) is 26.7 Å². The molecule has 0 aromatic heterocycles. The average Bonchev–Trinajstić information content (AvgIpc) is 0.756. The van der Waals surface area contributed by atoms with Crippen molar-refractivity contribution < 1.29 is 153 Å². The molecule has 34 nitrogen and oxygen atoms in total. The van der Waals surface area contributed by atoms with Gasteiger partial charge in [0.2, 0.25) is 17.7 Å². The molecule has 5 fully saturated rings. The number of ether oxygens (including phenoxy) is 10. The van der Waals surface area contributed by atoms with Gasteiger partial charge in [-0.2, -0.15) is 0 Å². The zero-order valence-electron chi connectivity index (χ0n) is 67.1. The van der Waals surface area contributed by atoms with Crippen molar-refractivity contribution in [2.75, 3.05) is 39.6 Å². The molecule has 0 aliphatic carbocycles. The van der Waals surface area contributed by atoms with Crippen LogP contribution in [0, 0.1) is 0 Å². The Morgan fingerprint density at radius 1 is 0.460 bits per heavy atom. The number of hydrogen-bond acceptors (Lipinski definition) is 30. The van der Waals surface area contributed by atoms with Crippen LogP contribution in [-0.4, -0.2) is 321 Å². The molecule has 5 saturated heterocycles. The zero-order chi connectivity index (χ0) is 83.0. The smallest absolute Gasteiger partial charge is 0.364 e. The molecule has 5 heterocycles. The number of aliphatic hydroxyl groups excluding tert-OH is 16. The second-order valence-corrected chi connectivity index (χ2v) is 31.4. The molecule has 660 valence electrons. The third-order valence-electron chi connectivity index (χ3n) is 22.1. The molecule has 113 heavy (non-hydrogen) atoms. The normalized spacial score (nSPS) is 33.4. The summed E-state index contributed by atoms with van der Waals surface area (Å²) in [5.41, 5.74) is 0. The van der Waals surface area contributed by atoms with Crippen molar-refractivity contribution in [3.63, 3.8) is 0 Å². The first kappa shape index (κ1) is 100. The van der Waals surface area contributed by atoms with E-state index in [1.807, 2.05) is 6.08 Å². The Hall–Kier alpha value is -3.42. The summed E-state index contributed by atoms with van der Waals surface area (Å²) >= 11 is 0. The van der Waals surface area contributed by atoms with E-state index in [4.69, 9.17) is 47.4 Å². The van der Waals surface area contributed by atoms with Gasteiger partial charge in [-0.3, -0.25) is 14.4 Å². The number of nitrogens with one attached hydrogen (secondary N) is 3. The molecule has 0 spiro atoms. The van der Waals surface area contributed by atoms with Gasteiger partial charge in [0.05, 0.1) is 63.9 Å². The van der Waals surface area contributed by atoms with Gasteiger partial charge < -0.3 is 150 Å². The predicted octanol–water partition coefficient (Wildman–Crippen LogP) is 1.30. The van der Waals surface area contributed by atoms with Crippen molar-refractivity contribution in [2.45, 2.75) is 424 Å². The standard InChI is InChI=1S/C79H143N3O31/c1-5-7-9-11-13-15-17-19-20-21-22-23-24-25-26-28-30-32-34-36-38-40-58(93)82-50(51(90)39-37-35-33-31-29-27-18-16-14-12-10-8-6-2)47-104-75-66(99)65(98)70(57(46-87)108-75)110-76-67(100)72(62(95)54(43-84)105-76)111-74-60(81-49(4)89)64(97)69(56(45-86)107-74)109-77-68(101)73(63(96)55(44-85)106-77)113-79(78(102)103)41-52(91)59(80-48(3)88)71(112-79)61(94)53(92)42-83/h37,39,50-57,59-77,83-87,90-92,94-101H,5-36,38,40-47H2,1-4H3,(H,80,88)(H,81,89)(H,82,93)(H,102,103)/b39-37+/t50-,51+,52?,53+,54?,55?,56?,57?,59+,60?,61+,62-,63-,64+,65+,66?,67?,68?,69+,70+,71?,72-,73-,74-,75+,76-,77-,79-/m0/s1. The van der Waals surface area contributed by atoms with Crippen LogP contribution < -0.4 is 16.0 Å². The minimum Gasteiger partial charge on any atom is -0.477 e. The number of aliphatic carboxylic acids is 1. The van der Waals surface area contributed by atoms with E-state index in [1.54, 1.807) is 6.08 Å². The van der Waals surface area contributed by atoms with E-state index < -0.39 is 235 Å². The lowest BCUT2D eigenvalue weighted by Crippen LogP contribution is -2.71. The summed E-state index contributed by atoms with van der Waals surface area (Å²) in [6, 6.07) is -4.60. The van der Waals surface area contributed by atoms with Crippen molar-refractivity contribution in [2.24, 2.45) is 0 Å². The van der Waals surface area contributed by atoms with E-state index >= 15 is 0 Å². The number of amides is 3. The van der Waals surface area contributed by atoms with Crippen LogP contribution in [0.1, 0.15) is 252 Å². The highest BCUT2D eigenvalue weighted by Gasteiger charge is 2.61. The third kappa shape index (κ3) is 32.6. The quantitative estimate of drug-likeness (QED) is 0.0301. The zero-order valence-corrected chi connectivity index (χ0v) is 67.1. The summed E-state index contributed by atoms with van der Waals surface area (Å²) in [7, 11) is 0. The Morgan fingerprint density at radius 3 is 1.30 bits per heavy atom. The second kappa shape index (κ2) is 54.7. The fourth-order valence-electron chi connectivity index (χ4n) is 15.4. The van der Waals surface area contributed by atoms with Gasteiger partial charge in [-0.05, 0) is 19.3 Å². The molecule has 3 amide bonds. The minimum atomic E-state index is -3.19. The monoisotopic (exact) mass is 1630 g/mol. The van der Waals surface area contributed by atoms with E-state index in [2.05, 4.69) is 29.8 Å². The summed E-state index contributed by atoms with van der Waals surface area (Å²) in [5.74, 6) is -7.31. The first-order chi connectivity index (χ1) is 54.3. The minimum absolute atomic E-state index is 0.174. The van der Waals surface area contributed by atoms with Crippen LogP contribution in [0.15, 0.2) is 12.2 Å². The third-order valence-corrected chi connectivity index (χ3v) is 22.1. The average molecular weight is 1630 g/mol. The van der Waals surface area contributed by atoms with Gasteiger partial charge in [-0.1, -0.05) is 219 Å². The van der Waals surface area contributed by atoms with Gasteiger partial charge in [0.15, 0.2) is 25.2 Å². The van der Waals surface area contributed by atoms with Crippen molar-refractivity contribution in [1.29, 1.82) is 0 Å². The molecule has 34 heteroatoms. The Bertz CT molecular complexity index is 2610. The molecule has 0 saturated carbocycles. The van der Waals surface area contributed by atoms with E-state index in [0.717, 1.165) is 65.2 Å². The highest BCUT2D eigenvalue weighted by atomic mass is 16.8. The van der Waals surface area contributed by atoms with Crippen LogP contribution >= 0.6 is 0 Å². The number of carbonyl (C=O) groups is 4. The van der Waals surface area contributed by atoms with Crippen LogP contribution in [0.3, 0.4) is 0 Å². The molecule has 10 unspecified atom stereocenters. The number of hydrogen-bond donors (Lipinski definition) is 20. The summed E-state index contributed by atoms with van der Waals surface area (Å²) in [4.78, 5) is 51.8. The lowest BCUT2D eigenvalue weighted by atomic mass is 9.88. The highest BCUT2D eigenvalue weighted by Crippen LogP contribution is 2.40. The molecule has 5 rings (SSSR count). The summed E-state index contributed by atoms with van der Waals surface area (Å²) in [6.45, 7) is 0.680. The number of allylic oxidation sites excluding steroid dienone is 1. The molecular weight excluding hydrogens is 1490 g/mol. The molecule has 5 aliphatic rings. The van der Waals surface area contributed by atoms with E-state index in [9.17, 15) is 106 Å². The number of carboxylic acids is 1. The van der Waals surface area contributed by atoms with Crippen molar-refractivity contribution in [3.05, 3.63) is 12.2 Å². The van der Waals surface area contributed by atoms with E-state index in [0.29, 0.717) is 12.8 Å². The molecule has 0 aromatic rings. The Balaban J connectivity index is 1.21. The van der Waals surface area contributed by atoms with Gasteiger partial charge in [-0.25, -0.2) is 4.79 Å². The molecule has 28 atom stereocenters. The van der Waals surface area contributed by atoms with Crippen molar-refractivity contribution in [1.82, 2.24) is 16.0 Å². The SMILES string of the molecule is CCCCCCCCCCCCC/C=C/[C@@H](O)[C@H](CO[C@@H]1OC(CO)[C@@H](O[C@@H]2OC(CO)[C@H](O)[C@H](O[C@@H]3OC(CO)[C@@H](O[C@@H]4OC(CO)[C@H](O)[C@H](O[C@]5(C(=O)O)CC(O)[C@@H](NC(C)=O)C([C@H](O)[C@H](O)CO)O5)C4O)[C@H](O)C3NC(C)=O)C2O)[C@H](O)C1O)NC(=O)CCCCCCCCCCCCCCCCCCCCCCC. The lowest BCUT2D eigenvalue weighted by molar-refractivity contribution is -0.390. The largest absolute Gasteiger partial charge is 0.477 e. The number of unbranched alkanes of at least 4 members (excludes halogenated alkanes) is 31. The van der Waals surface area contributed by atoms with Crippen LogP contribution in [-0.2, 0) is 66.5 Å². The lowest BCUT2D eigenvalue weighted by Gasteiger charge is -2.51. The first-order valence-corrected chi connectivity index (χ1v) is 42.1. The maximum absolute atomic E-state index is 13.6. The van der Waals surface area contributed by atoms with Gasteiger partial charge in [-0.15, -0.1) is 0 Å². The maximum Gasteiger partial charge on any atom is 0.364 e. The maximum atomic E-state index is 13.6. The molecular formula is C79H143N3O31. The Labute approximate surface area is 665 Å². The predicted molar refractivity (Wildman–Crippen MR) is 406 cm³/mol. The fraction of sp³-hybridized carbons (Fsp3) is 0.924. The van der Waals surface area contributed by atoms with Gasteiger partial charge in [0.25, 0.3) is 5.79 Å². The molecule has 20 N–H and O–H groups in total. The highest BCUT2D eigenvalue weighted by molar-refractivity contribution is 5.77. The van der Waals surface area contributed by atoms with E-state index in [-0.39, 0.29) is 12.3 Å². The second-order valence-electron chi connectivity index (χ2n) is 31.4. The summed E-state index contributed by atoms with van der Waals surface area (Å²) < 4.78 is 58.9. The Kier molecular flexibility index (Phi) is 48.5. The van der Waals surface area contributed by atoms with Crippen LogP contribution in [0.25, 0.3) is 0 Å². The van der Waals surface area contributed by atoms with Gasteiger partial charge in [0.1, 0.15) is 116 Å². The molecule has 5 aliphatic heterocycles. The topological polar surface area (TPSA) is 541 Å². The van der Waals surface area contributed by atoms with Crippen LogP contribution in [0.4, 0.5) is 0 Å². The van der Waals surface area contributed by atoms with Crippen LogP contribution in [0.5, 0.6) is 0 Å². The fourth-order valence-corrected chi connectivity index (χ4v) is 15.4. The number of carbonyl (C=O) groups excluding carboxylic acids is 3. The number of aliphatic hydroxyl groups is 16. The molecule has 0 bridgehead atoms. The van der Waals surface area contributed by atoms with Crippen molar-refractivity contribution in [3.8, 4) is 0 Å². The van der Waals surface area contributed by atoms with Gasteiger partial charge >= 0.3 is 5.97 Å². The van der Waals surface area contributed by atoms with E-state index in [1.165, 1.54) is 148 Å². The number of rotatable bonds is 58. The number of carboxylic acid groups (broad SMARTS) is 1. The van der Waals surface area contributed by atoms with Crippen LogP contribution in [0.2, 0.25) is 0 Å². The Morgan fingerprint density at radius 2 is 0.858 bits per heavy atom. The molecule has 0 radical (unpaired) electrons. The summed E-state index contributed by atoms with van der Waals surface area (Å²) in [6.07, 6.45) is -6.16. The first-order valence-electron chi connectivity index (χ1n) is 42.1. The van der Waals surface area contributed by atoms with Crippen molar-refractivity contribution >= 4 is 23.7 Å².